The molecule has 1 aromatic rings. The zero-order valence-corrected chi connectivity index (χ0v) is 13.1. The Balaban J connectivity index is 0.00000324. The molecule has 0 aromatic carbocycles. The van der Waals surface area contributed by atoms with Gasteiger partial charge in [-0.05, 0) is 0 Å². The number of hydrogen-bond acceptors (Lipinski definition) is 5. The fourth-order valence-electron chi connectivity index (χ4n) is 1.34. The molecular weight excluding hydrogens is 315 g/mol. The predicted molar refractivity (Wildman–Crippen MR) is 75.4 cm³/mol. The van der Waals surface area contributed by atoms with Gasteiger partial charge < -0.3 is 10.1 Å². The monoisotopic (exact) mass is 332 g/mol. The molecule has 0 radical (unpaired) electrons. The normalized spacial score (nSPS) is 11.3. The van der Waals surface area contributed by atoms with E-state index in [1.165, 1.54) is 17.9 Å². The molecule has 1 rings (SSSR count). The summed E-state index contributed by atoms with van der Waals surface area (Å²) >= 11 is 5.78. The van der Waals surface area contributed by atoms with Crippen molar-refractivity contribution in [1.29, 1.82) is 0 Å². The first-order chi connectivity index (χ1) is 8.49. The molecule has 1 heterocycles. The van der Waals surface area contributed by atoms with Gasteiger partial charge in [0.1, 0.15) is 0 Å². The maximum absolute atomic E-state index is 11.9. The Kier molecular flexibility index (Phi) is 8.55. The summed E-state index contributed by atoms with van der Waals surface area (Å²) in [5, 5.41) is 6.89. The third-order valence-electron chi connectivity index (χ3n) is 2.17. The maximum atomic E-state index is 11.9. The molecule has 0 spiro atoms. The second kappa shape index (κ2) is 8.72. The average Bonchev–Trinajstić information content (AvgIpc) is 2.64. The van der Waals surface area contributed by atoms with Gasteiger partial charge in [0.05, 0.1) is 17.8 Å². The van der Waals surface area contributed by atoms with Crippen LogP contribution < -0.4 is 10.0 Å². The van der Waals surface area contributed by atoms with Crippen LogP contribution in [-0.2, 0) is 21.8 Å². The van der Waals surface area contributed by atoms with Crippen molar-refractivity contribution < 1.29 is 13.2 Å². The van der Waals surface area contributed by atoms with Gasteiger partial charge in [0.15, 0.2) is 5.03 Å². The number of nitrogens with one attached hydrogen (secondary N) is 2. The molecule has 1 aromatic heterocycles. The number of aromatic nitrogens is 2. The molecule has 0 unspecified atom stereocenters. The first-order valence-electron chi connectivity index (χ1n) is 5.36. The summed E-state index contributed by atoms with van der Waals surface area (Å²) in [7, 11) is -0.493. The lowest BCUT2D eigenvalue weighted by atomic mass is 10.6. The molecule has 0 aliphatic carbocycles. The Hall–Kier alpha value is -0.380. The summed E-state index contributed by atoms with van der Waals surface area (Å²) in [6.07, 6.45) is 1.30. The molecule has 2 N–H and O–H groups in total. The Morgan fingerprint density at radius 1 is 1.42 bits per heavy atom. The molecule has 0 bridgehead atoms. The van der Waals surface area contributed by atoms with Gasteiger partial charge in [0.25, 0.3) is 10.0 Å². The Morgan fingerprint density at radius 3 is 2.63 bits per heavy atom. The number of nitrogens with zero attached hydrogens (tertiary/aromatic N) is 2. The molecule has 0 amide bonds. The minimum absolute atomic E-state index is 0. The van der Waals surface area contributed by atoms with Gasteiger partial charge >= 0.3 is 0 Å². The highest BCUT2D eigenvalue weighted by Crippen LogP contribution is 2.18. The smallest absolute Gasteiger partial charge is 0.259 e. The van der Waals surface area contributed by atoms with Gasteiger partial charge in [-0.15, -0.1) is 12.4 Å². The van der Waals surface area contributed by atoms with E-state index < -0.39 is 10.0 Å². The quantitative estimate of drug-likeness (QED) is 0.655. The van der Waals surface area contributed by atoms with E-state index in [9.17, 15) is 8.42 Å². The van der Waals surface area contributed by atoms with Gasteiger partial charge in [-0.1, -0.05) is 11.6 Å². The molecule has 0 atom stereocenters. The third-order valence-corrected chi connectivity index (χ3v) is 4.14. The Labute approximate surface area is 124 Å². The largest absolute Gasteiger partial charge is 0.383 e. The molecule has 0 aliphatic rings. The topological polar surface area (TPSA) is 85.2 Å². The maximum Gasteiger partial charge on any atom is 0.259 e. The number of sulfonamides is 1. The molecule has 7 nitrogen and oxygen atoms in total. The molecule has 10 heteroatoms. The van der Waals surface area contributed by atoms with Crippen LogP contribution in [0, 0.1) is 0 Å². The molecule has 0 aliphatic heterocycles. The van der Waals surface area contributed by atoms with Gasteiger partial charge in [-0.25, -0.2) is 13.1 Å². The minimum Gasteiger partial charge on any atom is -0.383 e. The highest BCUT2D eigenvalue weighted by molar-refractivity contribution is 7.89. The van der Waals surface area contributed by atoms with Crippen molar-refractivity contribution >= 4 is 34.0 Å². The highest BCUT2D eigenvalue weighted by atomic mass is 35.5. The van der Waals surface area contributed by atoms with Crippen LogP contribution in [0.2, 0.25) is 5.02 Å². The van der Waals surface area contributed by atoms with Crippen molar-refractivity contribution in [3.05, 3.63) is 11.2 Å². The number of rotatable bonds is 8. The molecule has 0 fully saturated rings. The first kappa shape index (κ1) is 18.6. The van der Waals surface area contributed by atoms with Gasteiger partial charge in [0, 0.05) is 33.8 Å². The van der Waals surface area contributed by atoms with E-state index in [0.717, 1.165) is 0 Å². The number of ether oxygens (including phenoxy) is 1. The molecule has 0 saturated heterocycles. The fourth-order valence-corrected chi connectivity index (χ4v) is 3.03. The highest BCUT2D eigenvalue weighted by Gasteiger charge is 2.21. The first-order valence-corrected chi connectivity index (χ1v) is 7.22. The van der Waals surface area contributed by atoms with Crippen LogP contribution in [0.5, 0.6) is 0 Å². The SMILES string of the molecule is COCCNCCNS(=O)(=O)c1c(Cl)cnn1C.Cl. The van der Waals surface area contributed by atoms with E-state index in [0.29, 0.717) is 19.7 Å². The van der Waals surface area contributed by atoms with Gasteiger partial charge in [-0.3, -0.25) is 4.68 Å². The van der Waals surface area contributed by atoms with E-state index in [1.54, 1.807) is 7.11 Å². The number of hydrogen-bond donors (Lipinski definition) is 2. The minimum atomic E-state index is -3.62. The van der Waals surface area contributed by atoms with Crippen molar-refractivity contribution in [3.63, 3.8) is 0 Å². The third kappa shape index (κ3) is 5.64. The number of aryl methyl sites for hydroxylation is 1. The van der Waals surface area contributed by atoms with Crippen molar-refractivity contribution in [2.24, 2.45) is 7.05 Å². The lowest BCUT2D eigenvalue weighted by Crippen LogP contribution is -2.34. The van der Waals surface area contributed by atoms with E-state index in [1.807, 2.05) is 0 Å². The van der Waals surface area contributed by atoms with Crippen molar-refractivity contribution in [1.82, 2.24) is 19.8 Å². The summed E-state index contributed by atoms with van der Waals surface area (Å²) in [5.74, 6) is 0. The van der Waals surface area contributed by atoms with Crippen LogP contribution >= 0.6 is 24.0 Å². The van der Waals surface area contributed by atoms with E-state index in [-0.39, 0.29) is 29.0 Å². The van der Waals surface area contributed by atoms with E-state index in [2.05, 4.69) is 15.1 Å². The van der Waals surface area contributed by atoms with Crippen molar-refractivity contribution in [2.75, 3.05) is 33.4 Å². The second-order valence-corrected chi connectivity index (χ2v) is 5.65. The lowest BCUT2D eigenvalue weighted by Gasteiger charge is -2.08. The summed E-state index contributed by atoms with van der Waals surface area (Å²) in [6.45, 7) is 2.04. The van der Waals surface area contributed by atoms with Gasteiger partial charge in [0.2, 0.25) is 0 Å². The van der Waals surface area contributed by atoms with Crippen LogP contribution in [-0.4, -0.2) is 51.5 Å². The van der Waals surface area contributed by atoms with Crippen LogP contribution in [0.15, 0.2) is 11.2 Å². The van der Waals surface area contributed by atoms with Crippen molar-refractivity contribution in [2.45, 2.75) is 5.03 Å². The zero-order valence-electron chi connectivity index (χ0n) is 10.7. The van der Waals surface area contributed by atoms with E-state index in [4.69, 9.17) is 16.3 Å². The number of methoxy groups -OCH3 is 1. The standard InChI is InChI=1S/C9H17ClN4O3S.ClH/c1-14-9(8(10)7-12-14)18(15,16)13-4-3-11-5-6-17-2;/h7,11,13H,3-6H2,1-2H3;1H. The van der Waals surface area contributed by atoms with Crippen LogP contribution in [0.3, 0.4) is 0 Å². The fraction of sp³-hybridized carbons (Fsp3) is 0.667. The molecule has 0 saturated carbocycles. The predicted octanol–water partition coefficient (Wildman–Crippen LogP) is 0.00960. The summed E-state index contributed by atoms with van der Waals surface area (Å²) in [6, 6.07) is 0. The van der Waals surface area contributed by atoms with Crippen LogP contribution in [0.25, 0.3) is 0 Å². The zero-order chi connectivity index (χ0) is 13.6. The van der Waals surface area contributed by atoms with Gasteiger partial charge in [-0.2, -0.15) is 5.10 Å². The van der Waals surface area contributed by atoms with E-state index >= 15 is 0 Å². The molecule has 19 heavy (non-hydrogen) atoms. The van der Waals surface area contributed by atoms with Crippen molar-refractivity contribution in [3.8, 4) is 0 Å². The Bertz CT molecular complexity index is 458. The second-order valence-electron chi connectivity index (χ2n) is 3.56. The van der Waals surface area contributed by atoms with Crippen LogP contribution in [0.4, 0.5) is 0 Å². The average molecular weight is 333 g/mol. The number of halogens is 2. The Morgan fingerprint density at radius 2 is 2.11 bits per heavy atom. The summed E-state index contributed by atoms with van der Waals surface area (Å²) in [5.41, 5.74) is 0. The lowest BCUT2D eigenvalue weighted by molar-refractivity contribution is 0.199. The summed E-state index contributed by atoms with van der Waals surface area (Å²) in [4.78, 5) is 0. The molecule has 112 valence electrons. The van der Waals surface area contributed by atoms with Crippen LogP contribution in [0.1, 0.15) is 0 Å². The summed E-state index contributed by atoms with van der Waals surface area (Å²) < 4.78 is 32.3. The molecular formula is C9H18Cl2N4O3S.